The maximum Gasteiger partial charge on any atom is 0.250 e. The summed E-state index contributed by atoms with van der Waals surface area (Å²) in [6.45, 7) is 17.9. The van der Waals surface area contributed by atoms with Gasteiger partial charge in [0.15, 0.2) is 8.24 Å². The van der Waals surface area contributed by atoms with E-state index in [1.54, 1.807) is 0 Å². The summed E-state index contributed by atoms with van der Waals surface area (Å²) >= 11 is 0. The maximum atomic E-state index is 13.9. The fraction of sp³-hybridized carbons (Fsp3) is 0.458. The molecule has 2 aromatic carbocycles. The first kappa shape index (κ1) is 21.4. The maximum absolute atomic E-state index is 13.9. The molecule has 0 radical (unpaired) electrons. The lowest BCUT2D eigenvalue weighted by atomic mass is 10.0. The molecule has 1 amide bonds. The molecule has 3 heteroatoms. The second-order valence-electron chi connectivity index (χ2n) is 8.95. The molecule has 0 heterocycles. The van der Waals surface area contributed by atoms with Crippen LogP contribution in [-0.2, 0) is 12.8 Å². The number of benzene rings is 2. The van der Waals surface area contributed by atoms with Crippen molar-refractivity contribution in [2.24, 2.45) is 0 Å². The van der Waals surface area contributed by atoms with Gasteiger partial charge in [-0.2, -0.15) is 0 Å². The van der Waals surface area contributed by atoms with Crippen molar-refractivity contribution < 1.29 is 4.79 Å². The predicted octanol–water partition coefficient (Wildman–Crippen LogP) is 6.77. The molecular formula is C24H35NOSi. The molecule has 0 fully saturated rings. The van der Waals surface area contributed by atoms with Crippen molar-refractivity contribution in [3.05, 3.63) is 64.7 Å². The van der Waals surface area contributed by atoms with E-state index < -0.39 is 8.24 Å². The topological polar surface area (TPSA) is 20.3 Å². The minimum absolute atomic E-state index is 0.0539. The number of carbonyl (C=O) groups is 1. The molecule has 2 aromatic rings. The van der Waals surface area contributed by atoms with Gasteiger partial charge in [-0.25, -0.2) is 0 Å². The molecular weight excluding hydrogens is 346 g/mol. The highest BCUT2D eigenvalue weighted by Crippen LogP contribution is 2.43. The van der Waals surface area contributed by atoms with Crippen LogP contribution in [0.15, 0.2) is 42.5 Å². The minimum atomic E-state index is -2.15. The van der Waals surface area contributed by atoms with Crippen LogP contribution >= 0.6 is 0 Å². The molecule has 0 aromatic heterocycles. The summed E-state index contributed by atoms with van der Waals surface area (Å²) in [5.41, 5.74) is 5.59. The highest BCUT2D eigenvalue weighted by Gasteiger charge is 2.45. The van der Waals surface area contributed by atoms with Crippen molar-refractivity contribution in [1.82, 2.24) is 0 Å². The Morgan fingerprint density at radius 1 is 0.963 bits per heavy atom. The number of anilines is 1. The van der Waals surface area contributed by atoms with E-state index in [9.17, 15) is 4.79 Å². The number of hydrogen-bond acceptors (Lipinski definition) is 1. The molecule has 0 aliphatic carbocycles. The lowest BCUT2D eigenvalue weighted by molar-refractivity contribution is 0.100. The van der Waals surface area contributed by atoms with Crippen LogP contribution in [0, 0.1) is 6.92 Å². The molecule has 0 saturated carbocycles. The number of aryl methyl sites for hydroxylation is 3. The largest absolute Gasteiger partial charge is 0.336 e. The Kier molecular flexibility index (Phi) is 6.36. The summed E-state index contributed by atoms with van der Waals surface area (Å²) in [5, 5.41) is 0.0539. The Morgan fingerprint density at radius 3 is 1.93 bits per heavy atom. The molecule has 2 rings (SSSR count). The number of nitrogens with zero attached hydrogens (tertiary/aromatic N) is 1. The Hall–Kier alpha value is -1.87. The zero-order chi connectivity index (χ0) is 20.4. The Morgan fingerprint density at radius 2 is 1.48 bits per heavy atom. The number of rotatable bonds is 5. The molecule has 0 saturated heterocycles. The van der Waals surface area contributed by atoms with Crippen molar-refractivity contribution in [3.63, 3.8) is 0 Å². The average molecular weight is 382 g/mol. The van der Waals surface area contributed by atoms with Gasteiger partial charge in [0.25, 0.3) is 0 Å². The van der Waals surface area contributed by atoms with Gasteiger partial charge in [0.05, 0.1) is 0 Å². The SMILES string of the molecule is CCc1cccc(CC)c1N(C(=O)c1cccc(C)c1)[Si](C)(C)C(C)(C)C. The smallest absolute Gasteiger partial charge is 0.250 e. The molecule has 146 valence electrons. The lowest BCUT2D eigenvalue weighted by Crippen LogP contribution is -2.58. The van der Waals surface area contributed by atoms with Crippen LogP contribution in [0.4, 0.5) is 5.69 Å². The highest BCUT2D eigenvalue weighted by atomic mass is 28.3. The van der Waals surface area contributed by atoms with E-state index >= 15 is 0 Å². The number of carbonyl (C=O) groups excluding carboxylic acids is 1. The monoisotopic (exact) mass is 381 g/mol. The van der Waals surface area contributed by atoms with Gasteiger partial charge in [-0.05, 0) is 48.1 Å². The average Bonchev–Trinajstić information content (AvgIpc) is 2.60. The van der Waals surface area contributed by atoms with Gasteiger partial charge in [0, 0.05) is 11.3 Å². The number of hydrogen-bond donors (Lipinski definition) is 0. The van der Waals surface area contributed by atoms with Gasteiger partial charge in [0.1, 0.15) is 0 Å². The Bertz CT molecular complexity index is 795. The molecule has 0 aliphatic heterocycles. The number of para-hydroxylation sites is 1. The van der Waals surface area contributed by atoms with Gasteiger partial charge < -0.3 is 4.57 Å². The minimum Gasteiger partial charge on any atom is -0.336 e. The first-order chi connectivity index (χ1) is 12.5. The summed E-state index contributed by atoms with van der Waals surface area (Å²) in [4.78, 5) is 13.9. The van der Waals surface area contributed by atoms with Crippen LogP contribution < -0.4 is 4.57 Å². The predicted molar refractivity (Wildman–Crippen MR) is 120 cm³/mol. The van der Waals surface area contributed by atoms with Gasteiger partial charge in [-0.1, -0.05) is 83.6 Å². The molecule has 27 heavy (non-hydrogen) atoms. The molecule has 0 atom stereocenters. The first-order valence-electron chi connectivity index (χ1n) is 10.1. The van der Waals surface area contributed by atoms with Crippen LogP contribution in [0.1, 0.15) is 61.7 Å². The van der Waals surface area contributed by atoms with Gasteiger partial charge in [-0.3, -0.25) is 4.79 Å². The zero-order valence-electron chi connectivity index (χ0n) is 18.3. The van der Waals surface area contributed by atoms with Crippen LogP contribution in [0.3, 0.4) is 0 Å². The van der Waals surface area contributed by atoms with Crippen molar-refractivity contribution in [2.75, 3.05) is 4.57 Å². The second-order valence-corrected chi connectivity index (χ2v) is 14.0. The van der Waals surface area contributed by atoms with Crippen LogP contribution in [0.25, 0.3) is 0 Å². The van der Waals surface area contributed by atoms with E-state index in [1.807, 2.05) is 31.2 Å². The second kappa shape index (κ2) is 8.01. The van der Waals surface area contributed by atoms with E-state index in [1.165, 1.54) is 11.1 Å². The third-order valence-electron chi connectivity index (χ3n) is 6.05. The molecule has 0 N–H and O–H groups in total. The fourth-order valence-electron chi connectivity index (χ4n) is 3.38. The van der Waals surface area contributed by atoms with Gasteiger partial charge in [0.2, 0.25) is 5.91 Å². The van der Waals surface area contributed by atoms with Crippen molar-refractivity contribution >= 4 is 19.8 Å². The normalized spacial score (nSPS) is 12.1. The third-order valence-corrected chi connectivity index (χ3v) is 11.3. The van der Waals surface area contributed by atoms with E-state index in [2.05, 4.69) is 70.5 Å². The Labute approximate surface area is 166 Å². The van der Waals surface area contributed by atoms with Gasteiger partial charge >= 0.3 is 0 Å². The van der Waals surface area contributed by atoms with Gasteiger partial charge in [-0.15, -0.1) is 0 Å². The molecule has 0 unspecified atom stereocenters. The molecule has 0 bridgehead atoms. The molecule has 2 nitrogen and oxygen atoms in total. The summed E-state index contributed by atoms with van der Waals surface area (Å²) in [6.07, 6.45) is 1.85. The summed E-state index contributed by atoms with van der Waals surface area (Å²) in [7, 11) is -2.15. The summed E-state index contributed by atoms with van der Waals surface area (Å²) < 4.78 is 2.21. The standard InChI is InChI=1S/C24H35NOSi/c1-9-19-14-12-15-20(10-2)22(19)25(27(7,8)24(4,5)6)23(26)21-16-11-13-18(3)17-21/h11-17H,9-10H2,1-8H3. The van der Waals surface area contributed by atoms with E-state index in [-0.39, 0.29) is 10.9 Å². The lowest BCUT2D eigenvalue weighted by Gasteiger charge is -2.47. The number of amides is 1. The van der Waals surface area contributed by atoms with E-state index in [0.717, 1.165) is 29.7 Å². The van der Waals surface area contributed by atoms with Crippen LogP contribution in [-0.4, -0.2) is 14.1 Å². The first-order valence-corrected chi connectivity index (χ1v) is 13.0. The van der Waals surface area contributed by atoms with E-state index in [4.69, 9.17) is 0 Å². The van der Waals surface area contributed by atoms with Crippen molar-refractivity contribution in [3.8, 4) is 0 Å². The quantitative estimate of drug-likeness (QED) is 0.523. The highest BCUT2D eigenvalue weighted by molar-refractivity contribution is 6.87. The third kappa shape index (κ3) is 4.19. The summed E-state index contributed by atoms with van der Waals surface area (Å²) in [6, 6.07) is 14.5. The molecule has 0 aliphatic rings. The van der Waals surface area contributed by atoms with Crippen LogP contribution in [0.5, 0.6) is 0 Å². The van der Waals surface area contributed by atoms with E-state index in [0.29, 0.717) is 0 Å². The summed E-state index contributed by atoms with van der Waals surface area (Å²) in [5.74, 6) is 0.140. The van der Waals surface area contributed by atoms with Crippen LogP contribution in [0.2, 0.25) is 18.1 Å². The van der Waals surface area contributed by atoms with Crippen molar-refractivity contribution in [1.29, 1.82) is 0 Å². The fourth-order valence-corrected chi connectivity index (χ4v) is 5.53. The zero-order valence-corrected chi connectivity index (χ0v) is 19.3. The van der Waals surface area contributed by atoms with Crippen molar-refractivity contribution in [2.45, 2.75) is 72.5 Å². The molecule has 0 spiro atoms. The Balaban J connectivity index is 2.79.